The highest BCUT2D eigenvalue weighted by molar-refractivity contribution is 5.74. The van der Waals surface area contributed by atoms with Crippen molar-refractivity contribution in [2.24, 2.45) is 0 Å². The van der Waals surface area contributed by atoms with Gasteiger partial charge in [0.2, 0.25) is 11.5 Å². The molecule has 4 rings (SSSR count). The first-order valence-electron chi connectivity index (χ1n) is 7.81. The molecule has 0 radical (unpaired) electrons. The minimum absolute atomic E-state index is 0.0459. The molecule has 0 bridgehead atoms. The van der Waals surface area contributed by atoms with Crippen LogP contribution in [0.3, 0.4) is 0 Å². The SMILES string of the molecule is O=C(O)CCc1ccc2c(c1)Cc1c-2[nH]c(=O)c2nc(OC(=O)O)cn12. The highest BCUT2D eigenvalue weighted by Gasteiger charge is 2.24. The lowest BCUT2D eigenvalue weighted by Gasteiger charge is -2.04. The molecule has 26 heavy (non-hydrogen) atoms. The number of nitrogens with zero attached hydrogens (tertiary/aromatic N) is 2. The van der Waals surface area contributed by atoms with Crippen LogP contribution in [0.25, 0.3) is 16.9 Å². The average molecular weight is 355 g/mol. The zero-order valence-electron chi connectivity index (χ0n) is 13.4. The molecule has 2 heterocycles. The fourth-order valence-electron chi connectivity index (χ4n) is 3.25. The predicted molar refractivity (Wildman–Crippen MR) is 88.7 cm³/mol. The standard InChI is InChI=1S/C17H13N3O6/c21-13(22)4-2-8-1-3-10-9(5-8)6-11-14(10)19-16(23)15-18-12(7-20(11)15)26-17(24)25/h1,3,5,7H,2,4,6H2,(H,19,23)(H,21,22)(H,24,25). The number of carboxylic acid groups (broad SMARTS) is 2. The maximum Gasteiger partial charge on any atom is 0.512 e. The highest BCUT2D eigenvalue weighted by Crippen LogP contribution is 2.35. The smallest absolute Gasteiger partial charge is 0.481 e. The fraction of sp³-hybridized carbons (Fsp3) is 0.176. The van der Waals surface area contributed by atoms with Gasteiger partial charge >= 0.3 is 12.1 Å². The number of nitrogens with one attached hydrogen (secondary N) is 1. The fourth-order valence-corrected chi connectivity index (χ4v) is 3.25. The molecule has 1 aliphatic rings. The summed E-state index contributed by atoms with van der Waals surface area (Å²) in [6.45, 7) is 0. The first-order valence-corrected chi connectivity index (χ1v) is 7.81. The van der Waals surface area contributed by atoms with Crippen LogP contribution >= 0.6 is 0 Å². The second-order valence-corrected chi connectivity index (χ2v) is 5.98. The van der Waals surface area contributed by atoms with E-state index < -0.39 is 17.7 Å². The van der Waals surface area contributed by atoms with Crippen molar-refractivity contribution in [1.82, 2.24) is 14.4 Å². The van der Waals surface area contributed by atoms with Gasteiger partial charge < -0.3 is 19.9 Å². The summed E-state index contributed by atoms with van der Waals surface area (Å²) in [5, 5.41) is 17.5. The normalized spacial score (nSPS) is 12.0. The molecule has 2 aromatic heterocycles. The van der Waals surface area contributed by atoms with Crippen LogP contribution < -0.4 is 10.3 Å². The monoisotopic (exact) mass is 355 g/mol. The Hall–Kier alpha value is -3.62. The molecule has 0 spiro atoms. The van der Waals surface area contributed by atoms with Gasteiger partial charge in [0.25, 0.3) is 5.56 Å². The first kappa shape index (κ1) is 15.9. The third kappa shape index (κ3) is 2.59. The van der Waals surface area contributed by atoms with Crippen molar-refractivity contribution in [2.45, 2.75) is 19.3 Å². The van der Waals surface area contributed by atoms with Crippen LogP contribution in [-0.2, 0) is 17.6 Å². The maximum absolute atomic E-state index is 12.3. The van der Waals surface area contributed by atoms with Gasteiger partial charge in [0, 0.05) is 18.4 Å². The first-order chi connectivity index (χ1) is 12.4. The zero-order valence-corrected chi connectivity index (χ0v) is 13.4. The van der Waals surface area contributed by atoms with Crippen molar-refractivity contribution < 1.29 is 24.5 Å². The Morgan fingerprint density at radius 2 is 2.12 bits per heavy atom. The van der Waals surface area contributed by atoms with Gasteiger partial charge in [0.15, 0.2) is 0 Å². The molecule has 3 aromatic rings. The van der Waals surface area contributed by atoms with E-state index in [1.165, 1.54) is 10.6 Å². The summed E-state index contributed by atoms with van der Waals surface area (Å²) >= 11 is 0. The predicted octanol–water partition coefficient (Wildman–Crippen LogP) is 1.67. The second kappa shape index (κ2) is 5.73. The van der Waals surface area contributed by atoms with Crippen molar-refractivity contribution in [1.29, 1.82) is 0 Å². The van der Waals surface area contributed by atoms with Crippen LogP contribution in [0.2, 0.25) is 0 Å². The molecule has 1 aromatic carbocycles. The Kier molecular flexibility index (Phi) is 3.50. The van der Waals surface area contributed by atoms with Gasteiger partial charge in [-0.15, -0.1) is 0 Å². The third-order valence-electron chi connectivity index (χ3n) is 4.32. The lowest BCUT2D eigenvalue weighted by molar-refractivity contribution is -0.136. The molecule has 9 heteroatoms. The summed E-state index contributed by atoms with van der Waals surface area (Å²) in [4.78, 5) is 40.4. The number of aryl methyl sites for hydroxylation is 1. The molecule has 0 fully saturated rings. The summed E-state index contributed by atoms with van der Waals surface area (Å²) in [5.41, 5.74) is 3.72. The van der Waals surface area contributed by atoms with E-state index in [0.717, 1.165) is 22.4 Å². The Morgan fingerprint density at radius 3 is 2.85 bits per heavy atom. The van der Waals surface area contributed by atoms with Crippen LogP contribution in [0.1, 0.15) is 23.2 Å². The molecule has 0 amide bonds. The van der Waals surface area contributed by atoms with Gasteiger partial charge in [0.05, 0.1) is 17.6 Å². The van der Waals surface area contributed by atoms with E-state index in [-0.39, 0.29) is 17.9 Å². The molecule has 0 unspecified atom stereocenters. The van der Waals surface area contributed by atoms with Gasteiger partial charge in [-0.2, -0.15) is 4.98 Å². The molecule has 3 N–H and O–H groups in total. The van der Waals surface area contributed by atoms with Gasteiger partial charge in [0.1, 0.15) is 0 Å². The van der Waals surface area contributed by atoms with E-state index in [1.807, 2.05) is 18.2 Å². The summed E-state index contributed by atoms with van der Waals surface area (Å²) in [6.07, 6.45) is 0.834. The lowest BCUT2D eigenvalue weighted by atomic mass is 10.0. The molecular formula is C17H13N3O6. The molecule has 1 aliphatic carbocycles. The van der Waals surface area contributed by atoms with Crippen LogP contribution in [-0.4, -0.2) is 36.7 Å². The van der Waals surface area contributed by atoms with Crippen LogP contribution in [0, 0.1) is 0 Å². The highest BCUT2D eigenvalue weighted by atomic mass is 16.7. The zero-order chi connectivity index (χ0) is 18.4. The number of aromatic amines is 1. The Balaban J connectivity index is 1.78. The van der Waals surface area contributed by atoms with Gasteiger partial charge in [-0.3, -0.25) is 14.0 Å². The molecule has 0 atom stereocenters. The number of aliphatic carboxylic acids is 1. The van der Waals surface area contributed by atoms with E-state index >= 15 is 0 Å². The number of aromatic nitrogens is 3. The molecule has 132 valence electrons. The summed E-state index contributed by atoms with van der Waals surface area (Å²) in [7, 11) is 0. The largest absolute Gasteiger partial charge is 0.512 e. The van der Waals surface area contributed by atoms with Crippen LogP contribution in [0.15, 0.2) is 29.2 Å². The third-order valence-corrected chi connectivity index (χ3v) is 4.32. The van der Waals surface area contributed by atoms with Gasteiger partial charge in [-0.25, -0.2) is 4.79 Å². The number of rotatable bonds is 4. The lowest BCUT2D eigenvalue weighted by Crippen LogP contribution is -2.13. The van der Waals surface area contributed by atoms with E-state index in [1.54, 1.807) is 0 Å². The summed E-state index contributed by atoms with van der Waals surface area (Å²) in [6, 6.07) is 5.62. The summed E-state index contributed by atoms with van der Waals surface area (Å²) < 4.78 is 6.07. The van der Waals surface area contributed by atoms with Crippen molar-refractivity contribution in [3.63, 3.8) is 0 Å². The number of benzene rings is 1. The van der Waals surface area contributed by atoms with Gasteiger partial charge in [-0.05, 0) is 17.5 Å². The maximum atomic E-state index is 12.3. The van der Waals surface area contributed by atoms with Crippen LogP contribution in [0.4, 0.5) is 4.79 Å². The molecule has 0 saturated heterocycles. The van der Waals surface area contributed by atoms with Crippen molar-refractivity contribution in [2.75, 3.05) is 0 Å². The van der Waals surface area contributed by atoms with Crippen molar-refractivity contribution in [3.8, 4) is 17.1 Å². The Bertz CT molecular complexity index is 1130. The average Bonchev–Trinajstić information content (AvgIpc) is 3.14. The van der Waals surface area contributed by atoms with Gasteiger partial charge in [-0.1, -0.05) is 18.2 Å². The second-order valence-electron chi connectivity index (χ2n) is 5.98. The quantitative estimate of drug-likeness (QED) is 0.474. The van der Waals surface area contributed by atoms with Crippen LogP contribution in [0.5, 0.6) is 5.88 Å². The number of carbonyl (C=O) groups is 2. The number of hydrogen-bond acceptors (Lipinski definition) is 5. The summed E-state index contributed by atoms with van der Waals surface area (Å²) in [5.74, 6) is -1.03. The number of carboxylic acids is 1. The number of H-pyrrole nitrogens is 1. The number of imidazole rings is 1. The number of fused-ring (bicyclic) bond motifs is 5. The van der Waals surface area contributed by atoms with Crippen molar-refractivity contribution in [3.05, 3.63) is 51.6 Å². The van der Waals surface area contributed by atoms with E-state index in [4.69, 9.17) is 10.2 Å². The Labute approximate surface area is 145 Å². The topological polar surface area (TPSA) is 134 Å². The molecule has 9 nitrogen and oxygen atoms in total. The van der Waals surface area contributed by atoms with E-state index in [9.17, 15) is 14.4 Å². The number of hydrogen-bond donors (Lipinski definition) is 3. The molecular weight excluding hydrogens is 342 g/mol. The van der Waals surface area contributed by atoms with E-state index in [0.29, 0.717) is 18.5 Å². The number of ether oxygens (including phenoxy) is 1. The van der Waals surface area contributed by atoms with Crippen molar-refractivity contribution >= 4 is 17.8 Å². The Morgan fingerprint density at radius 1 is 1.31 bits per heavy atom. The molecule has 0 saturated carbocycles. The van der Waals surface area contributed by atoms with E-state index in [2.05, 4.69) is 14.7 Å². The minimum Gasteiger partial charge on any atom is -0.481 e. The minimum atomic E-state index is -1.51. The molecule has 0 aliphatic heterocycles.